The van der Waals surface area contributed by atoms with Crippen LogP contribution in [-0.4, -0.2) is 16.3 Å². The van der Waals surface area contributed by atoms with Crippen LogP contribution in [0.4, 0.5) is 0 Å². The van der Waals surface area contributed by atoms with Crippen molar-refractivity contribution < 1.29 is 4.42 Å². The molecule has 0 saturated heterocycles. The van der Waals surface area contributed by atoms with Gasteiger partial charge in [-0.25, -0.2) is 0 Å². The summed E-state index contributed by atoms with van der Waals surface area (Å²) in [5.41, 5.74) is 3.54. The van der Waals surface area contributed by atoms with E-state index in [1.165, 1.54) is 11.3 Å². The van der Waals surface area contributed by atoms with E-state index in [-0.39, 0.29) is 0 Å². The fraction of sp³-hybridized carbons (Fsp3) is 0.533. The first kappa shape index (κ1) is 13.9. The van der Waals surface area contributed by atoms with Gasteiger partial charge in [0.25, 0.3) is 0 Å². The third kappa shape index (κ3) is 3.07. The molecule has 0 aliphatic heterocycles. The molecule has 0 atom stereocenters. The molecular weight excluding hydrogens is 238 g/mol. The molecule has 0 aliphatic rings. The van der Waals surface area contributed by atoms with Gasteiger partial charge >= 0.3 is 0 Å². The standard InChI is InChI=1S/C15H23N3O/c1-4-7-16-11-15-13(6-9-19-15)14-10-17-18(8-5-2)12(14)3/h6,9-10,16H,4-5,7-8,11H2,1-3H3. The Morgan fingerprint density at radius 2 is 2.11 bits per heavy atom. The van der Waals surface area contributed by atoms with Crippen molar-refractivity contribution in [2.24, 2.45) is 0 Å². The van der Waals surface area contributed by atoms with Gasteiger partial charge in [-0.05, 0) is 32.4 Å². The average molecular weight is 261 g/mol. The minimum Gasteiger partial charge on any atom is -0.467 e. The van der Waals surface area contributed by atoms with Gasteiger partial charge in [-0.15, -0.1) is 0 Å². The van der Waals surface area contributed by atoms with E-state index in [1.54, 1.807) is 6.26 Å². The Morgan fingerprint density at radius 3 is 2.84 bits per heavy atom. The second kappa shape index (κ2) is 6.57. The van der Waals surface area contributed by atoms with Gasteiger partial charge in [0.05, 0.1) is 19.0 Å². The SMILES string of the molecule is CCCNCc1occc1-c1cnn(CCC)c1C. The quantitative estimate of drug-likeness (QED) is 0.777. The molecule has 0 aromatic carbocycles. The summed E-state index contributed by atoms with van der Waals surface area (Å²) < 4.78 is 7.65. The summed E-state index contributed by atoms with van der Waals surface area (Å²) in [7, 11) is 0. The number of aryl methyl sites for hydroxylation is 1. The van der Waals surface area contributed by atoms with Crippen LogP contribution in [0, 0.1) is 6.92 Å². The molecule has 4 nitrogen and oxygen atoms in total. The maximum atomic E-state index is 5.59. The molecule has 0 unspecified atom stereocenters. The first-order chi connectivity index (χ1) is 9.27. The molecule has 0 radical (unpaired) electrons. The lowest BCUT2D eigenvalue weighted by atomic mass is 10.1. The highest BCUT2D eigenvalue weighted by atomic mass is 16.3. The zero-order valence-electron chi connectivity index (χ0n) is 12.1. The van der Waals surface area contributed by atoms with Crippen molar-refractivity contribution in [2.75, 3.05) is 6.54 Å². The largest absolute Gasteiger partial charge is 0.467 e. The van der Waals surface area contributed by atoms with Crippen molar-refractivity contribution in [1.29, 1.82) is 0 Å². The van der Waals surface area contributed by atoms with E-state index in [2.05, 4.69) is 35.9 Å². The van der Waals surface area contributed by atoms with E-state index in [1.807, 2.05) is 12.3 Å². The van der Waals surface area contributed by atoms with Gasteiger partial charge in [0.1, 0.15) is 5.76 Å². The van der Waals surface area contributed by atoms with E-state index in [0.717, 1.165) is 43.8 Å². The molecule has 19 heavy (non-hydrogen) atoms. The number of aromatic nitrogens is 2. The Labute approximate surface area is 114 Å². The van der Waals surface area contributed by atoms with Crippen molar-refractivity contribution in [3.8, 4) is 11.1 Å². The molecular formula is C15H23N3O. The Balaban J connectivity index is 2.19. The molecule has 2 aromatic rings. The summed E-state index contributed by atoms with van der Waals surface area (Å²) in [6.45, 7) is 9.19. The zero-order chi connectivity index (χ0) is 13.7. The van der Waals surface area contributed by atoms with Crippen molar-refractivity contribution >= 4 is 0 Å². The van der Waals surface area contributed by atoms with E-state index >= 15 is 0 Å². The van der Waals surface area contributed by atoms with Gasteiger partial charge in [0.2, 0.25) is 0 Å². The fourth-order valence-electron chi connectivity index (χ4n) is 2.24. The lowest BCUT2D eigenvalue weighted by Crippen LogP contribution is -2.13. The van der Waals surface area contributed by atoms with E-state index in [0.29, 0.717) is 0 Å². The van der Waals surface area contributed by atoms with E-state index in [9.17, 15) is 0 Å². The lowest BCUT2D eigenvalue weighted by Gasteiger charge is -2.05. The second-order valence-corrected chi connectivity index (χ2v) is 4.80. The second-order valence-electron chi connectivity index (χ2n) is 4.80. The van der Waals surface area contributed by atoms with Crippen molar-refractivity contribution in [3.05, 3.63) is 30.0 Å². The summed E-state index contributed by atoms with van der Waals surface area (Å²) in [5, 5.41) is 7.83. The Hall–Kier alpha value is -1.55. The molecule has 0 spiro atoms. The summed E-state index contributed by atoms with van der Waals surface area (Å²) in [5.74, 6) is 0.993. The van der Waals surface area contributed by atoms with Crippen LogP contribution in [0.25, 0.3) is 11.1 Å². The zero-order valence-corrected chi connectivity index (χ0v) is 12.1. The molecule has 0 bridgehead atoms. The molecule has 0 aliphatic carbocycles. The van der Waals surface area contributed by atoms with Gasteiger partial charge in [-0.1, -0.05) is 13.8 Å². The van der Waals surface area contributed by atoms with Crippen LogP contribution < -0.4 is 5.32 Å². The van der Waals surface area contributed by atoms with Crippen LogP contribution in [-0.2, 0) is 13.1 Å². The van der Waals surface area contributed by atoms with Gasteiger partial charge < -0.3 is 9.73 Å². The van der Waals surface area contributed by atoms with E-state index in [4.69, 9.17) is 4.42 Å². The summed E-state index contributed by atoms with van der Waals surface area (Å²) in [4.78, 5) is 0. The van der Waals surface area contributed by atoms with Crippen LogP contribution in [0.3, 0.4) is 0 Å². The molecule has 0 amide bonds. The van der Waals surface area contributed by atoms with E-state index < -0.39 is 0 Å². The number of rotatable bonds is 7. The highest BCUT2D eigenvalue weighted by Crippen LogP contribution is 2.27. The lowest BCUT2D eigenvalue weighted by molar-refractivity contribution is 0.484. The monoisotopic (exact) mass is 261 g/mol. The van der Waals surface area contributed by atoms with Crippen LogP contribution in [0.15, 0.2) is 22.9 Å². The predicted molar refractivity (Wildman–Crippen MR) is 77.0 cm³/mol. The fourth-order valence-corrected chi connectivity index (χ4v) is 2.24. The third-order valence-corrected chi connectivity index (χ3v) is 3.29. The number of hydrogen-bond donors (Lipinski definition) is 1. The number of furan rings is 1. The Morgan fingerprint density at radius 1 is 1.26 bits per heavy atom. The normalized spacial score (nSPS) is 11.1. The smallest absolute Gasteiger partial charge is 0.125 e. The molecule has 104 valence electrons. The van der Waals surface area contributed by atoms with Crippen LogP contribution in [0.5, 0.6) is 0 Å². The molecule has 2 heterocycles. The van der Waals surface area contributed by atoms with Crippen LogP contribution in [0.1, 0.15) is 38.1 Å². The number of hydrogen-bond acceptors (Lipinski definition) is 3. The molecule has 1 N–H and O–H groups in total. The molecule has 0 saturated carbocycles. The van der Waals surface area contributed by atoms with Crippen LogP contribution in [0.2, 0.25) is 0 Å². The third-order valence-electron chi connectivity index (χ3n) is 3.29. The maximum Gasteiger partial charge on any atom is 0.125 e. The van der Waals surface area contributed by atoms with Crippen LogP contribution >= 0.6 is 0 Å². The van der Waals surface area contributed by atoms with Gasteiger partial charge in [0, 0.05) is 23.4 Å². The number of nitrogens with one attached hydrogen (secondary N) is 1. The van der Waals surface area contributed by atoms with Gasteiger partial charge in [-0.2, -0.15) is 5.10 Å². The molecule has 4 heteroatoms. The van der Waals surface area contributed by atoms with Gasteiger partial charge in [0.15, 0.2) is 0 Å². The minimum atomic E-state index is 0.772. The molecule has 0 fully saturated rings. The molecule has 2 rings (SSSR count). The summed E-state index contributed by atoms with van der Waals surface area (Å²) in [6.07, 6.45) is 5.93. The maximum absolute atomic E-state index is 5.59. The van der Waals surface area contributed by atoms with Gasteiger partial charge in [-0.3, -0.25) is 4.68 Å². The summed E-state index contributed by atoms with van der Waals surface area (Å²) >= 11 is 0. The number of nitrogens with zero attached hydrogens (tertiary/aromatic N) is 2. The van der Waals surface area contributed by atoms with Crippen molar-refractivity contribution in [1.82, 2.24) is 15.1 Å². The summed E-state index contributed by atoms with van der Waals surface area (Å²) in [6, 6.07) is 2.03. The Bertz CT molecular complexity index is 513. The first-order valence-corrected chi connectivity index (χ1v) is 7.07. The predicted octanol–water partition coefficient (Wildman–Crippen LogP) is 3.36. The first-order valence-electron chi connectivity index (χ1n) is 7.07. The van der Waals surface area contributed by atoms with Crippen molar-refractivity contribution in [3.63, 3.8) is 0 Å². The van der Waals surface area contributed by atoms with Crippen molar-refractivity contribution in [2.45, 2.75) is 46.7 Å². The molecule has 2 aromatic heterocycles. The topological polar surface area (TPSA) is 43.0 Å². The minimum absolute atomic E-state index is 0.772. The highest BCUT2D eigenvalue weighted by molar-refractivity contribution is 5.67. The highest BCUT2D eigenvalue weighted by Gasteiger charge is 2.14. The average Bonchev–Trinajstić information content (AvgIpc) is 2.99. The Kier molecular flexibility index (Phi) is 4.80.